The van der Waals surface area contributed by atoms with Crippen LogP contribution < -0.4 is 5.56 Å². The molecular weight excluding hydrogens is 380 g/mol. The number of H-pyrrole nitrogens is 1. The van der Waals surface area contributed by atoms with E-state index in [4.69, 9.17) is 10.00 Å². The van der Waals surface area contributed by atoms with Crippen LogP contribution in [-0.2, 0) is 11.3 Å². The highest BCUT2D eigenvalue weighted by Crippen LogP contribution is 2.34. The molecule has 8 heteroatoms. The first kappa shape index (κ1) is 18.8. The van der Waals surface area contributed by atoms with Crippen LogP contribution in [0, 0.1) is 23.0 Å². The number of benzene rings is 2. The number of hydrogen-bond acceptors (Lipinski definition) is 4. The maximum absolute atomic E-state index is 14.0. The lowest BCUT2D eigenvalue weighted by atomic mass is 9.95. The zero-order valence-corrected chi connectivity index (χ0v) is 15.3. The van der Waals surface area contributed by atoms with Crippen molar-refractivity contribution in [1.82, 2.24) is 9.88 Å². The van der Waals surface area contributed by atoms with E-state index in [1.807, 2.05) is 6.07 Å². The second-order valence-electron chi connectivity index (χ2n) is 6.80. The molecule has 0 spiro atoms. The van der Waals surface area contributed by atoms with Crippen molar-refractivity contribution >= 4 is 16.7 Å². The molecule has 1 amide bonds. The molecule has 4 rings (SSSR count). The molecule has 1 atom stereocenters. The molecule has 1 aliphatic heterocycles. The first-order valence-electron chi connectivity index (χ1n) is 8.79. The van der Waals surface area contributed by atoms with Gasteiger partial charge in [-0.25, -0.2) is 8.78 Å². The van der Waals surface area contributed by atoms with Crippen molar-refractivity contribution in [3.63, 3.8) is 0 Å². The van der Waals surface area contributed by atoms with Crippen molar-refractivity contribution in [3.05, 3.63) is 80.8 Å². The van der Waals surface area contributed by atoms with E-state index in [0.717, 1.165) is 12.1 Å². The third kappa shape index (κ3) is 3.15. The Morgan fingerprint density at radius 3 is 2.69 bits per heavy atom. The number of nitrogens with one attached hydrogen (secondary N) is 1. The number of ether oxygens (including phenoxy) is 1. The molecule has 2 aromatic carbocycles. The lowest BCUT2D eigenvalue weighted by Crippen LogP contribution is -2.37. The maximum atomic E-state index is 14.0. The Morgan fingerprint density at radius 1 is 1.24 bits per heavy atom. The molecule has 0 unspecified atom stereocenters. The molecule has 0 bridgehead atoms. The summed E-state index contributed by atoms with van der Waals surface area (Å²) < 4.78 is 33.2. The van der Waals surface area contributed by atoms with E-state index in [1.165, 1.54) is 11.0 Å². The fourth-order valence-electron chi connectivity index (χ4n) is 3.61. The predicted octanol–water partition coefficient (Wildman–Crippen LogP) is 3.02. The molecule has 1 N–H and O–H groups in total. The fraction of sp³-hybridized carbons (Fsp3) is 0.190. The zero-order chi connectivity index (χ0) is 20.7. The summed E-state index contributed by atoms with van der Waals surface area (Å²) in [6.07, 6.45) is 0. The van der Waals surface area contributed by atoms with E-state index in [0.29, 0.717) is 22.4 Å². The SMILES string of the molecule is CN(C(=O)c1cccc(C#N)c1)[C@@H]1COCc2[nH]c(=O)c3cc(F)c(F)cc3c21. The lowest BCUT2D eigenvalue weighted by Gasteiger charge is -2.34. The molecule has 1 aliphatic rings. The smallest absolute Gasteiger partial charge is 0.256 e. The number of aromatic nitrogens is 1. The quantitative estimate of drug-likeness (QED) is 0.723. The Morgan fingerprint density at radius 2 is 1.97 bits per heavy atom. The van der Waals surface area contributed by atoms with Crippen molar-refractivity contribution in [2.75, 3.05) is 13.7 Å². The molecule has 0 radical (unpaired) electrons. The number of carbonyl (C=O) groups excluding carboxylic acids is 1. The van der Waals surface area contributed by atoms with Crippen molar-refractivity contribution in [2.45, 2.75) is 12.6 Å². The van der Waals surface area contributed by atoms with Gasteiger partial charge in [0.15, 0.2) is 11.6 Å². The lowest BCUT2D eigenvalue weighted by molar-refractivity contribution is 0.0335. The molecule has 3 aromatic rings. The van der Waals surface area contributed by atoms with Gasteiger partial charge >= 0.3 is 0 Å². The number of pyridine rings is 1. The number of nitrogens with zero attached hydrogens (tertiary/aromatic N) is 2. The normalized spacial score (nSPS) is 15.6. The summed E-state index contributed by atoms with van der Waals surface area (Å²) in [5.74, 6) is -2.57. The Kier molecular flexibility index (Phi) is 4.60. The fourth-order valence-corrected chi connectivity index (χ4v) is 3.61. The van der Waals surface area contributed by atoms with E-state index >= 15 is 0 Å². The molecule has 6 nitrogen and oxygen atoms in total. The average Bonchev–Trinajstić information content (AvgIpc) is 2.73. The molecule has 2 heterocycles. The monoisotopic (exact) mass is 395 g/mol. The van der Waals surface area contributed by atoms with E-state index in [2.05, 4.69) is 4.98 Å². The van der Waals surface area contributed by atoms with Gasteiger partial charge in [-0.15, -0.1) is 0 Å². The molecule has 0 saturated heterocycles. The minimum Gasteiger partial charge on any atom is -0.373 e. The van der Waals surface area contributed by atoms with Gasteiger partial charge < -0.3 is 14.6 Å². The van der Waals surface area contributed by atoms with Gasteiger partial charge in [-0.3, -0.25) is 9.59 Å². The van der Waals surface area contributed by atoms with Gasteiger partial charge in [-0.1, -0.05) is 6.07 Å². The molecule has 29 heavy (non-hydrogen) atoms. The molecule has 0 aliphatic carbocycles. The van der Waals surface area contributed by atoms with Crippen LogP contribution >= 0.6 is 0 Å². The van der Waals surface area contributed by atoms with Gasteiger partial charge in [0.25, 0.3) is 11.5 Å². The van der Waals surface area contributed by atoms with E-state index in [1.54, 1.807) is 25.2 Å². The Balaban J connectivity index is 1.85. The summed E-state index contributed by atoms with van der Waals surface area (Å²) in [6.45, 7) is 0.204. The van der Waals surface area contributed by atoms with Crippen molar-refractivity contribution in [2.24, 2.45) is 0 Å². The van der Waals surface area contributed by atoms with Crippen LogP contribution in [0.1, 0.15) is 33.2 Å². The number of nitriles is 1. The minimum absolute atomic E-state index is 0.00174. The second-order valence-corrected chi connectivity index (χ2v) is 6.80. The number of rotatable bonds is 2. The summed E-state index contributed by atoms with van der Waals surface area (Å²) in [6, 6.07) is 9.44. The minimum atomic E-state index is -1.12. The Hall–Kier alpha value is -3.57. The first-order chi connectivity index (χ1) is 13.9. The number of carbonyl (C=O) groups is 1. The van der Waals surface area contributed by atoms with E-state index < -0.39 is 23.2 Å². The summed E-state index contributed by atoms with van der Waals surface area (Å²) in [4.78, 5) is 29.4. The number of fused-ring (bicyclic) bond motifs is 3. The standard InChI is InChI=1S/C21H15F2N3O3/c1-26(21(28)12-4-2-3-11(5-12)8-24)18-10-29-9-17-19(18)13-6-15(22)16(23)7-14(13)20(27)25-17/h2-7,18H,9-10H2,1H3,(H,25,27)/t18-/m1/s1. The third-order valence-corrected chi connectivity index (χ3v) is 5.07. The van der Waals surface area contributed by atoms with Crippen LogP contribution in [0.2, 0.25) is 0 Å². The van der Waals surface area contributed by atoms with Crippen LogP contribution in [0.3, 0.4) is 0 Å². The molecule has 0 fully saturated rings. The Bertz CT molecular complexity index is 1250. The predicted molar refractivity (Wildman–Crippen MR) is 100 cm³/mol. The third-order valence-electron chi connectivity index (χ3n) is 5.07. The molecule has 146 valence electrons. The highest BCUT2D eigenvalue weighted by molar-refractivity contribution is 5.95. The van der Waals surface area contributed by atoms with Crippen molar-refractivity contribution in [1.29, 1.82) is 5.26 Å². The topological polar surface area (TPSA) is 86.2 Å². The van der Waals surface area contributed by atoms with Gasteiger partial charge in [-0.2, -0.15) is 5.26 Å². The summed E-state index contributed by atoms with van der Waals surface area (Å²) in [5.41, 5.74) is 1.02. The zero-order valence-electron chi connectivity index (χ0n) is 15.3. The van der Waals surface area contributed by atoms with Gasteiger partial charge in [0.05, 0.1) is 36.3 Å². The van der Waals surface area contributed by atoms with Crippen molar-refractivity contribution in [3.8, 4) is 6.07 Å². The van der Waals surface area contributed by atoms with E-state index in [9.17, 15) is 18.4 Å². The number of likely N-dealkylation sites (N-methyl/N-ethyl adjacent to an activating group) is 1. The number of amides is 1. The van der Waals surface area contributed by atoms with Crippen LogP contribution in [0.5, 0.6) is 0 Å². The highest BCUT2D eigenvalue weighted by atomic mass is 19.2. The second kappa shape index (κ2) is 7.11. The van der Waals surface area contributed by atoms with Crippen LogP contribution in [0.4, 0.5) is 8.78 Å². The summed E-state index contributed by atoms with van der Waals surface area (Å²) in [5, 5.41) is 9.30. The number of aromatic amines is 1. The number of halogens is 2. The van der Waals surface area contributed by atoms with Crippen LogP contribution in [0.25, 0.3) is 10.8 Å². The van der Waals surface area contributed by atoms with Crippen molar-refractivity contribution < 1.29 is 18.3 Å². The van der Waals surface area contributed by atoms with Gasteiger partial charge in [0.1, 0.15) is 0 Å². The largest absolute Gasteiger partial charge is 0.373 e. The first-order valence-corrected chi connectivity index (χ1v) is 8.79. The number of hydrogen-bond donors (Lipinski definition) is 1. The van der Waals surface area contributed by atoms with Gasteiger partial charge in [0.2, 0.25) is 0 Å². The Labute approximate surface area is 163 Å². The highest BCUT2D eigenvalue weighted by Gasteiger charge is 2.31. The molecule has 1 aromatic heterocycles. The molecule has 0 saturated carbocycles. The van der Waals surface area contributed by atoms with Gasteiger partial charge in [-0.05, 0) is 35.7 Å². The van der Waals surface area contributed by atoms with Crippen LogP contribution in [0.15, 0.2) is 41.2 Å². The van der Waals surface area contributed by atoms with Gasteiger partial charge in [0, 0.05) is 23.9 Å². The van der Waals surface area contributed by atoms with Crippen LogP contribution in [-0.4, -0.2) is 29.4 Å². The molecular formula is C21H15F2N3O3. The van der Waals surface area contributed by atoms with E-state index in [-0.39, 0.29) is 29.9 Å². The maximum Gasteiger partial charge on any atom is 0.256 e. The summed E-state index contributed by atoms with van der Waals surface area (Å²) >= 11 is 0. The summed E-state index contributed by atoms with van der Waals surface area (Å²) in [7, 11) is 1.56. The average molecular weight is 395 g/mol.